The minimum Gasteiger partial charge on any atom is -0.508 e. The van der Waals surface area contributed by atoms with Gasteiger partial charge in [-0.2, -0.15) is 0 Å². The largest absolute Gasteiger partial charge is 0.508 e. The molecule has 0 unspecified atom stereocenters. The van der Waals surface area contributed by atoms with Gasteiger partial charge in [0.2, 0.25) is 0 Å². The van der Waals surface area contributed by atoms with Crippen molar-refractivity contribution in [3.8, 4) is 5.75 Å². The summed E-state index contributed by atoms with van der Waals surface area (Å²) in [7, 11) is 0. The predicted molar refractivity (Wildman–Crippen MR) is 60.4 cm³/mol. The predicted octanol–water partition coefficient (Wildman–Crippen LogP) is 2.54. The minimum atomic E-state index is 0.180. The number of rotatable bonds is 3. The van der Waals surface area contributed by atoms with Crippen LogP contribution in [-0.4, -0.2) is 11.7 Å². The summed E-state index contributed by atoms with van der Waals surface area (Å²) in [5.41, 5.74) is 6.82. The van der Waals surface area contributed by atoms with Gasteiger partial charge in [-0.05, 0) is 37.9 Å². The first-order valence-electron chi connectivity index (χ1n) is 4.87. The summed E-state index contributed by atoms with van der Waals surface area (Å²) >= 11 is 3.34. The Morgan fingerprint density at radius 2 is 2.14 bits per heavy atom. The molecule has 1 fully saturated rings. The van der Waals surface area contributed by atoms with E-state index in [1.165, 1.54) is 0 Å². The van der Waals surface area contributed by atoms with E-state index in [-0.39, 0.29) is 5.41 Å². The van der Waals surface area contributed by atoms with Gasteiger partial charge < -0.3 is 10.8 Å². The summed E-state index contributed by atoms with van der Waals surface area (Å²) in [6.45, 7) is 0.690. The van der Waals surface area contributed by atoms with Crippen LogP contribution < -0.4 is 5.73 Å². The molecular weight excluding hydrogens is 242 g/mol. The molecule has 0 spiro atoms. The zero-order chi connectivity index (χ0) is 10.2. The van der Waals surface area contributed by atoms with E-state index in [9.17, 15) is 5.11 Å². The second-order valence-corrected chi connectivity index (χ2v) is 4.90. The number of halogens is 1. The Hall–Kier alpha value is -0.540. The van der Waals surface area contributed by atoms with Crippen molar-refractivity contribution in [3.05, 3.63) is 28.2 Å². The molecule has 3 heteroatoms. The first kappa shape index (κ1) is 9.99. The minimum absolute atomic E-state index is 0.180. The number of phenolic OH excluding ortho intramolecular Hbond substituents is 1. The molecule has 0 bridgehead atoms. The molecule has 0 atom stereocenters. The molecule has 1 aromatic rings. The van der Waals surface area contributed by atoms with Crippen molar-refractivity contribution in [2.24, 2.45) is 5.73 Å². The molecule has 2 nitrogen and oxygen atoms in total. The third kappa shape index (κ3) is 1.66. The van der Waals surface area contributed by atoms with E-state index < -0.39 is 0 Å². The average Bonchev–Trinajstić information content (AvgIpc) is 2.86. The van der Waals surface area contributed by atoms with Crippen LogP contribution in [0.2, 0.25) is 0 Å². The highest BCUT2D eigenvalue weighted by molar-refractivity contribution is 9.10. The standard InChI is InChI=1S/C11H14BrNO/c12-8-1-2-9(10(14)7-8)11(3-4-11)5-6-13/h1-2,7,14H,3-6,13H2. The maximum Gasteiger partial charge on any atom is 0.120 e. The number of hydrogen-bond donors (Lipinski definition) is 2. The average molecular weight is 256 g/mol. The lowest BCUT2D eigenvalue weighted by molar-refractivity contribution is 0.454. The molecule has 1 aromatic carbocycles. The Bertz CT molecular complexity index is 347. The second kappa shape index (κ2) is 3.55. The fourth-order valence-corrected chi connectivity index (χ4v) is 2.38. The fraction of sp³-hybridized carbons (Fsp3) is 0.455. The monoisotopic (exact) mass is 255 g/mol. The molecule has 2 rings (SSSR count). The third-order valence-corrected chi connectivity index (χ3v) is 3.50. The molecule has 1 aliphatic carbocycles. The van der Waals surface area contributed by atoms with E-state index in [2.05, 4.69) is 15.9 Å². The molecule has 14 heavy (non-hydrogen) atoms. The van der Waals surface area contributed by atoms with Crippen molar-refractivity contribution in [2.45, 2.75) is 24.7 Å². The van der Waals surface area contributed by atoms with Gasteiger partial charge in [0.25, 0.3) is 0 Å². The van der Waals surface area contributed by atoms with Crippen LogP contribution in [0.4, 0.5) is 0 Å². The van der Waals surface area contributed by atoms with E-state index in [0.717, 1.165) is 29.3 Å². The number of benzene rings is 1. The summed E-state index contributed by atoms with van der Waals surface area (Å²) in [4.78, 5) is 0. The molecule has 0 aromatic heterocycles. The van der Waals surface area contributed by atoms with Crippen LogP contribution in [0.5, 0.6) is 5.75 Å². The van der Waals surface area contributed by atoms with Crippen molar-refractivity contribution in [3.63, 3.8) is 0 Å². The quantitative estimate of drug-likeness (QED) is 0.872. The number of aromatic hydroxyl groups is 1. The maximum absolute atomic E-state index is 9.82. The van der Waals surface area contributed by atoms with Crippen molar-refractivity contribution in [1.82, 2.24) is 0 Å². The molecule has 0 heterocycles. The first-order valence-corrected chi connectivity index (χ1v) is 5.66. The molecule has 0 amide bonds. The van der Waals surface area contributed by atoms with Crippen LogP contribution in [0.25, 0.3) is 0 Å². The normalized spacial score (nSPS) is 18.1. The van der Waals surface area contributed by atoms with Gasteiger partial charge in [0.1, 0.15) is 5.75 Å². The zero-order valence-electron chi connectivity index (χ0n) is 7.96. The summed E-state index contributed by atoms with van der Waals surface area (Å²) < 4.78 is 0.919. The number of phenols is 1. The van der Waals surface area contributed by atoms with Gasteiger partial charge in [0, 0.05) is 15.5 Å². The molecular formula is C11H14BrNO. The number of nitrogens with two attached hydrogens (primary N) is 1. The molecule has 0 saturated heterocycles. The fourth-order valence-electron chi connectivity index (χ4n) is 2.03. The van der Waals surface area contributed by atoms with E-state index >= 15 is 0 Å². The highest BCUT2D eigenvalue weighted by Crippen LogP contribution is 2.53. The Morgan fingerprint density at radius 3 is 2.64 bits per heavy atom. The lowest BCUT2D eigenvalue weighted by Gasteiger charge is -2.16. The molecule has 76 valence electrons. The van der Waals surface area contributed by atoms with Crippen molar-refractivity contribution >= 4 is 15.9 Å². The van der Waals surface area contributed by atoms with Crippen molar-refractivity contribution < 1.29 is 5.11 Å². The van der Waals surface area contributed by atoms with Gasteiger partial charge >= 0.3 is 0 Å². The molecule has 0 radical (unpaired) electrons. The van der Waals surface area contributed by atoms with Crippen LogP contribution in [-0.2, 0) is 5.41 Å². The van der Waals surface area contributed by atoms with Crippen LogP contribution in [0.1, 0.15) is 24.8 Å². The van der Waals surface area contributed by atoms with E-state index in [4.69, 9.17) is 5.73 Å². The van der Waals surface area contributed by atoms with Gasteiger partial charge in [0.05, 0.1) is 0 Å². The zero-order valence-corrected chi connectivity index (χ0v) is 9.55. The van der Waals surface area contributed by atoms with Crippen LogP contribution in [0.15, 0.2) is 22.7 Å². The molecule has 1 saturated carbocycles. The Kier molecular flexibility index (Phi) is 2.54. The van der Waals surface area contributed by atoms with Gasteiger partial charge in [-0.25, -0.2) is 0 Å². The molecule has 0 aliphatic heterocycles. The smallest absolute Gasteiger partial charge is 0.120 e. The summed E-state index contributed by atoms with van der Waals surface area (Å²) in [6, 6.07) is 5.74. The maximum atomic E-state index is 9.82. The molecule has 1 aliphatic rings. The Balaban J connectivity index is 2.32. The first-order chi connectivity index (χ1) is 6.68. The van der Waals surface area contributed by atoms with E-state index in [1.807, 2.05) is 12.1 Å². The topological polar surface area (TPSA) is 46.2 Å². The second-order valence-electron chi connectivity index (χ2n) is 3.98. The SMILES string of the molecule is NCCC1(c2ccc(Br)cc2O)CC1. The lowest BCUT2D eigenvalue weighted by Crippen LogP contribution is -2.13. The van der Waals surface area contributed by atoms with Crippen LogP contribution >= 0.6 is 15.9 Å². The van der Waals surface area contributed by atoms with Crippen molar-refractivity contribution in [1.29, 1.82) is 0 Å². The Morgan fingerprint density at radius 1 is 1.43 bits per heavy atom. The van der Waals surface area contributed by atoms with Gasteiger partial charge in [-0.15, -0.1) is 0 Å². The highest BCUT2D eigenvalue weighted by atomic mass is 79.9. The highest BCUT2D eigenvalue weighted by Gasteiger charge is 2.44. The molecule has 3 N–H and O–H groups in total. The van der Waals surface area contributed by atoms with E-state index in [0.29, 0.717) is 12.3 Å². The van der Waals surface area contributed by atoms with E-state index in [1.54, 1.807) is 6.07 Å². The summed E-state index contributed by atoms with van der Waals surface area (Å²) in [5.74, 6) is 0.394. The van der Waals surface area contributed by atoms with Gasteiger partial charge in [0.15, 0.2) is 0 Å². The van der Waals surface area contributed by atoms with Crippen LogP contribution in [0, 0.1) is 0 Å². The third-order valence-electron chi connectivity index (χ3n) is 3.01. The summed E-state index contributed by atoms with van der Waals surface area (Å²) in [6.07, 6.45) is 3.28. The Labute approximate surface area is 92.3 Å². The van der Waals surface area contributed by atoms with Gasteiger partial charge in [-0.1, -0.05) is 22.0 Å². The number of hydrogen-bond acceptors (Lipinski definition) is 2. The van der Waals surface area contributed by atoms with Gasteiger partial charge in [-0.3, -0.25) is 0 Å². The van der Waals surface area contributed by atoms with Crippen LogP contribution in [0.3, 0.4) is 0 Å². The van der Waals surface area contributed by atoms with Crippen molar-refractivity contribution in [2.75, 3.05) is 6.54 Å². The summed E-state index contributed by atoms with van der Waals surface area (Å²) in [5, 5.41) is 9.82. The lowest BCUT2D eigenvalue weighted by atomic mass is 9.92.